The van der Waals surface area contributed by atoms with Crippen LogP contribution in [0.4, 0.5) is 4.39 Å². The highest BCUT2D eigenvalue weighted by Gasteiger charge is 2.33. The van der Waals surface area contributed by atoms with E-state index in [0.29, 0.717) is 32.8 Å². The van der Waals surface area contributed by atoms with Gasteiger partial charge >= 0.3 is 0 Å². The Balaban J connectivity index is 1.63. The van der Waals surface area contributed by atoms with Crippen molar-refractivity contribution in [1.29, 1.82) is 0 Å². The first-order valence-electron chi connectivity index (χ1n) is 11.3. The SMILES string of the molecule is CCN(CC)C(=O)C1CCCc2c1c1cc(F)ccc1n2CCOCc1ccccc1. The molecule has 1 amide bonds. The van der Waals surface area contributed by atoms with Gasteiger partial charge in [-0.3, -0.25) is 4.79 Å². The van der Waals surface area contributed by atoms with Gasteiger partial charge in [-0.2, -0.15) is 0 Å². The number of fused-ring (bicyclic) bond motifs is 3. The quantitative estimate of drug-likeness (QED) is 0.463. The normalized spacial score (nSPS) is 15.8. The second-order valence-electron chi connectivity index (χ2n) is 8.17. The van der Waals surface area contributed by atoms with Crippen LogP contribution in [0, 0.1) is 5.82 Å². The van der Waals surface area contributed by atoms with Gasteiger partial charge in [0.25, 0.3) is 0 Å². The van der Waals surface area contributed by atoms with E-state index in [9.17, 15) is 9.18 Å². The Morgan fingerprint density at radius 1 is 1.16 bits per heavy atom. The molecular formula is C26H31FN2O2. The number of benzene rings is 2. The summed E-state index contributed by atoms with van der Waals surface area (Å²) in [6.07, 6.45) is 2.70. The van der Waals surface area contributed by atoms with Crippen LogP contribution < -0.4 is 0 Å². The van der Waals surface area contributed by atoms with Gasteiger partial charge in [-0.25, -0.2) is 4.39 Å². The number of halogens is 1. The van der Waals surface area contributed by atoms with E-state index in [1.807, 2.05) is 43.0 Å². The fourth-order valence-corrected chi connectivity index (χ4v) is 4.86. The minimum Gasteiger partial charge on any atom is -0.375 e. The zero-order valence-electron chi connectivity index (χ0n) is 18.4. The third-order valence-electron chi connectivity index (χ3n) is 6.38. The van der Waals surface area contributed by atoms with Crippen molar-refractivity contribution in [2.75, 3.05) is 19.7 Å². The van der Waals surface area contributed by atoms with Crippen LogP contribution in [-0.2, 0) is 29.1 Å². The molecule has 0 aliphatic heterocycles. The number of rotatable bonds is 8. The van der Waals surface area contributed by atoms with Crippen LogP contribution in [0.5, 0.6) is 0 Å². The summed E-state index contributed by atoms with van der Waals surface area (Å²) < 4.78 is 22.4. The van der Waals surface area contributed by atoms with E-state index in [4.69, 9.17) is 4.74 Å². The molecule has 0 saturated heterocycles. The number of nitrogens with zero attached hydrogens (tertiary/aromatic N) is 2. The minimum absolute atomic E-state index is 0.162. The van der Waals surface area contributed by atoms with Crippen molar-refractivity contribution < 1.29 is 13.9 Å². The molecule has 1 atom stereocenters. The molecule has 0 N–H and O–H groups in total. The van der Waals surface area contributed by atoms with E-state index < -0.39 is 0 Å². The molecular weight excluding hydrogens is 391 g/mol. The molecule has 1 aliphatic rings. The lowest BCUT2D eigenvalue weighted by Gasteiger charge is -2.29. The summed E-state index contributed by atoms with van der Waals surface area (Å²) in [6.45, 7) is 7.24. The Morgan fingerprint density at radius 2 is 1.94 bits per heavy atom. The first kappa shape index (κ1) is 21.6. The highest BCUT2D eigenvalue weighted by atomic mass is 19.1. The van der Waals surface area contributed by atoms with Crippen molar-refractivity contribution in [1.82, 2.24) is 9.47 Å². The Hall–Kier alpha value is -2.66. The zero-order chi connectivity index (χ0) is 21.8. The van der Waals surface area contributed by atoms with Gasteiger partial charge in [0.15, 0.2) is 0 Å². The molecule has 1 aromatic heterocycles. The Bertz CT molecular complexity index is 1040. The van der Waals surface area contributed by atoms with Crippen molar-refractivity contribution in [2.45, 2.75) is 52.2 Å². The average molecular weight is 423 g/mol. The van der Waals surface area contributed by atoms with E-state index in [0.717, 1.165) is 41.3 Å². The van der Waals surface area contributed by atoms with Crippen LogP contribution in [0.25, 0.3) is 10.9 Å². The lowest BCUT2D eigenvalue weighted by atomic mass is 9.84. The maximum absolute atomic E-state index is 14.2. The standard InChI is InChI=1S/C26H31FN2O2/c1-3-28(4-2)26(30)21-11-8-12-24-25(21)22-17-20(27)13-14-23(22)29(24)15-16-31-18-19-9-6-5-7-10-19/h5-7,9-10,13-14,17,21H,3-4,8,11-12,15-16,18H2,1-2H3. The van der Waals surface area contributed by atoms with Crippen LogP contribution in [0.1, 0.15) is 49.4 Å². The number of aromatic nitrogens is 1. The van der Waals surface area contributed by atoms with Gasteiger partial charge in [-0.15, -0.1) is 0 Å². The van der Waals surface area contributed by atoms with E-state index in [-0.39, 0.29) is 17.6 Å². The zero-order valence-corrected chi connectivity index (χ0v) is 18.4. The Morgan fingerprint density at radius 3 is 2.68 bits per heavy atom. The molecule has 3 aromatic rings. The Kier molecular flexibility index (Phi) is 6.71. The number of carbonyl (C=O) groups excluding carboxylic acids is 1. The molecule has 0 spiro atoms. The summed E-state index contributed by atoms with van der Waals surface area (Å²) in [5.41, 5.74) is 4.34. The summed E-state index contributed by atoms with van der Waals surface area (Å²) in [6, 6.07) is 15.1. The summed E-state index contributed by atoms with van der Waals surface area (Å²) >= 11 is 0. The fraction of sp³-hybridized carbons (Fsp3) is 0.423. The number of hydrogen-bond donors (Lipinski definition) is 0. The molecule has 0 fully saturated rings. The maximum Gasteiger partial charge on any atom is 0.230 e. The average Bonchev–Trinajstić information content (AvgIpc) is 3.11. The topological polar surface area (TPSA) is 34.5 Å². The van der Waals surface area contributed by atoms with Crippen molar-refractivity contribution in [3.63, 3.8) is 0 Å². The van der Waals surface area contributed by atoms with Crippen LogP contribution >= 0.6 is 0 Å². The van der Waals surface area contributed by atoms with E-state index in [2.05, 4.69) is 16.7 Å². The van der Waals surface area contributed by atoms with Crippen molar-refractivity contribution in [2.24, 2.45) is 0 Å². The largest absolute Gasteiger partial charge is 0.375 e. The van der Waals surface area contributed by atoms with E-state index >= 15 is 0 Å². The second-order valence-corrected chi connectivity index (χ2v) is 8.17. The molecule has 4 nitrogen and oxygen atoms in total. The summed E-state index contributed by atoms with van der Waals surface area (Å²) in [5.74, 6) is -0.290. The molecule has 0 radical (unpaired) electrons. The van der Waals surface area contributed by atoms with Crippen LogP contribution in [-0.4, -0.2) is 35.1 Å². The smallest absolute Gasteiger partial charge is 0.230 e. The van der Waals surface area contributed by atoms with Crippen molar-refractivity contribution >= 4 is 16.8 Å². The molecule has 4 rings (SSSR count). The molecule has 1 unspecified atom stereocenters. The predicted molar refractivity (Wildman–Crippen MR) is 122 cm³/mol. The second kappa shape index (κ2) is 9.65. The van der Waals surface area contributed by atoms with E-state index in [1.165, 1.54) is 11.8 Å². The lowest BCUT2D eigenvalue weighted by molar-refractivity contribution is -0.132. The highest BCUT2D eigenvalue weighted by Crippen LogP contribution is 2.40. The van der Waals surface area contributed by atoms with Crippen LogP contribution in [0.3, 0.4) is 0 Å². The summed E-state index contributed by atoms with van der Waals surface area (Å²) in [4.78, 5) is 15.2. The first-order valence-corrected chi connectivity index (χ1v) is 11.3. The van der Waals surface area contributed by atoms with Gasteiger partial charge in [0, 0.05) is 36.2 Å². The van der Waals surface area contributed by atoms with Crippen molar-refractivity contribution in [3.8, 4) is 0 Å². The van der Waals surface area contributed by atoms with Gasteiger partial charge in [-0.1, -0.05) is 30.3 Å². The molecule has 1 aliphatic carbocycles. The fourth-order valence-electron chi connectivity index (χ4n) is 4.86. The van der Waals surface area contributed by atoms with Gasteiger partial charge in [-0.05, 0) is 62.4 Å². The van der Waals surface area contributed by atoms with Gasteiger partial charge in [0.05, 0.1) is 19.1 Å². The lowest BCUT2D eigenvalue weighted by Crippen LogP contribution is -2.36. The summed E-state index contributed by atoms with van der Waals surface area (Å²) in [5, 5.41) is 0.878. The van der Waals surface area contributed by atoms with E-state index in [1.54, 1.807) is 6.07 Å². The number of ether oxygens (including phenoxy) is 1. The molecule has 164 valence electrons. The maximum atomic E-state index is 14.2. The molecule has 5 heteroatoms. The third-order valence-corrected chi connectivity index (χ3v) is 6.38. The van der Waals surface area contributed by atoms with Crippen LogP contribution in [0.15, 0.2) is 48.5 Å². The number of hydrogen-bond acceptors (Lipinski definition) is 2. The van der Waals surface area contributed by atoms with Gasteiger partial charge < -0.3 is 14.2 Å². The van der Waals surface area contributed by atoms with Gasteiger partial charge in [0.1, 0.15) is 5.82 Å². The predicted octanol–water partition coefficient (Wildman–Crippen LogP) is 5.29. The minimum atomic E-state index is -0.257. The highest BCUT2D eigenvalue weighted by molar-refractivity contribution is 5.94. The number of carbonyl (C=O) groups is 1. The van der Waals surface area contributed by atoms with Gasteiger partial charge in [0.2, 0.25) is 5.91 Å². The molecule has 1 heterocycles. The molecule has 0 bridgehead atoms. The third kappa shape index (κ3) is 4.38. The monoisotopic (exact) mass is 422 g/mol. The van der Waals surface area contributed by atoms with Crippen LogP contribution in [0.2, 0.25) is 0 Å². The molecule has 0 saturated carbocycles. The first-order chi connectivity index (χ1) is 15.1. The summed E-state index contributed by atoms with van der Waals surface area (Å²) in [7, 11) is 0. The van der Waals surface area contributed by atoms with Crippen molar-refractivity contribution in [3.05, 3.63) is 71.2 Å². The Labute approximate surface area is 183 Å². The number of likely N-dealkylation sites (N-methyl/N-ethyl adjacent to an activating group) is 1. The molecule has 31 heavy (non-hydrogen) atoms. The number of amides is 1. The molecule has 2 aromatic carbocycles.